The number of rotatable bonds is 8. The van der Waals surface area contributed by atoms with E-state index in [4.69, 9.17) is 9.15 Å². The van der Waals surface area contributed by atoms with Gasteiger partial charge >= 0.3 is 11.7 Å². The molecule has 2 heterocycles. The number of nitrogens with zero attached hydrogens (tertiary/aromatic N) is 2. The molecule has 0 bridgehead atoms. The van der Waals surface area contributed by atoms with E-state index in [1.165, 1.54) is 9.47 Å². The predicted octanol–water partition coefficient (Wildman–Crippen LogP) is 2.91. The highest BCUT2D eigenvalue weighted by molar-refractivity contribution is 6.21. The van der Waals surface area contributed by atoms with Crippen LogP contribution in [-0.4, -0.2) is 40.4 Å². The number of benzene rings is 2. The van der Waals surface area contributed by atoms with E-state index in [-0.39, 0.29) is 31.4 Å². The standard InChI is InChI=1S/C23H22N2O6/c1-15-9-10-16-17(14-15)22(28)25(21(16)27)11-4-8-20(26)30-13-5-12-24-18-6-2-3-7-19(18)31-23(24)29/h2-3,6-7,9-10,14H,4-5,8,11-13H2,1H3. The lowest BCUT2D eigenvalue weighted by atomic mass is 10.1. The molecule has 3 aromatic rings. The summed E-state index contributed by atoms with van der Waals surface area (Å²) in [7, 11) is 0. The molecule has 0 unspecified atom stereocenters. The number of imide groups is 1. The largest absolute Gasteiger partial charge is 0.466 e. The van der Waals surface area contributed by atoms with E-state index in [1.54, 1.807) is 36.4 Å². The number of hydrogen-bond donors (Lipinski definition) is 0. The van der Waals surface area contributed by atoms with Crippen LogP contribution in [0.15, 0.2) is 51.7 Å². The summed E-state index contributed by atoms with van der Waals surface area (Å²) in [5.41, 5.74) is 2.95. The SMILES string of the molecule is Cc1ccc2c(c1)C(=O)N(CCCC(=O)OCCCn1c(=O)oc3ccccc31)C2=O. The molecule has 2 amide bonds. The molecule has 8 nitrogen and oxygen atoms in total. The number of oxazole rings is 1. The molecular weight excluding hydrogens is 400 g/mol. The van der Waals surface area contributed by atoms with Gasteiger partial charge in [0.05, 0.1) is 23.3 Å². The average Bonchev–Trinajstić information content (AvgIpc) is 3.19. The number of carbonyl (C=O) groups is 3. The third-order valence-corrected chi connectivity index (χ3v) is 5.25. The maximum absolute atomic E-state index is 12.4. The quantitative estimate of drug-likeness (QED) is 0.314. The smallest absolute Gasteiger partial charge is 0.419 e. The zero-order valence-corrected chi connectivity index (χ0v) is 17.1. The Hall–Kier alpha value is -3.68. The van der Waals surface area contributed by atoms with Gasteiger partial charge in [-0.05, 0) is 44.0 Å². The number of fused-ring (bicyclic) bond motifs is 2. The number of aromatic nitrogens is 1. The zero-order chi connectivity index (χ0) is 22.0. The second-order valence-electron chi connectivity index (χ2n) is 7.48. The van der Waals surface area contributed by atoms with Crippen LogP contribution < -0.4 is 5.76 Å². The van der Waals surface area contributed by atoms with Gasteiger partial charge in [-0.25, -0.2) is 4.79 Å². The molecule has 160 valence electrons. The minimum atomic E-state index is -0.441. The highest BCUT2D eigenvalue weighted by Crippen LogP contribution is 2.24. The Morgan fingerprint density at radius 3 is 2.58 bits per heavy atom. The molecule has 1 aromatic heterocycles. The summed E-state index contributed by atoms with van der Waals surface area (Å²) in [4.78, 5) is 49.9. The molecule has 0 saturated carbocycles. The number of hydrogen-bond acceptors (Lipinski definition) is 6. The average molecular weight is 422 g/mol. The lowest BCUT2D eigenvalue weighted by Crippen LogP contribution is -2.31. The third-order valence-electron chi connectivity index (χ3n) is 5.25. The van der Waals surface area contributed by atoms with E-state index in [0.29, 0.717) is 41.6 Å². The fourth-order valence-electron chi connectivity index (χ4n) is 3.70. The van der Waals surface area contributed by atoms with E-state index in [1.807, 2.05) is 13.0 Å². The summed E-state index contributed by atoms with van der Waals surface area (Å²) >= 11 is 0. The molecule has 0 aliphatic carbocycles. The van der Waals surface area contributed by atoms with Crippen molar-refractivity contribution in [2.45, 2.75) is 32.7 Å². The Kier molecular flexibility index (Phi) is 5.70. The number of aryl methyl sites for hydroxylation is 2. The van der Waals surface area contributed by atoms with Crippen molar-refractivity contribution in [1.29, 1.82) is 0 Å². The monoisotopic (exact) mass is 422 g/mol. The first-order chi connectivity index (χ1) is 15.0. The molecule has 0 saturated heterocycles. The number of ether oxygens (including phenoxy) is 1. The maximum atomic E-state index is 12.4. The van der Waals surface area contributed by atoms with Crippen molar-refractivity contribution in [1.82, 2.24) is 9.47 Å². The van der Waals surface area contributed by atoms with Crippen molar-refractivity contribution >= 4 is 28.9 Å². The minimum absolute atomic E-state index is 0.0982. The molecule has 0 atom stereocenters. The fraction of sp³-hybridized carbons (Fsp3) is 0.304. The minimum Gasteiger partial charge on any atom is -0.466 e. The van der Waals surface area contributed by atoms with Gasteiger partial charge < -0.3 is 9.15 Å². The van der Waals surface area contributed by atoms with Crippen molar-refractivity contribution in [3.63, 3.8) is 0 Å². The lowest BCUT2D eigenvalue weighted by Gasteiger charge is -2.13. The van der Waals surface area contributed by atoms with Crippen LogP contribution in [0.2, 0.25) is 0 Å². The van der Waals surface area contributed by atoms with Gasteiger partial charge in [0, 0.05) is 19.5 Å². The first-order valence-electron chi connectivity index (χ1n) is 10.2. The Labute approximate surface area is 178 Å². The molecular formula is C23H22N2O6. The lowest BCUT2D eigenvalue weighted by molar-refractivity contribution is -0.144. The number of para-hydroxylation sites is 2. The molecule has 2 aromatic carbocycles. The van der Waals surface area contributed by atoms with E-state index in [0.717, 1.165) is 5.56 Å². The highest BCUT2D eigenvalue weighted by Gasteiger charge is 2.34. The Morgan fingerprint density at radius 1 is 0.968 bits per heavy atom. The van der Waals surface area contributed by atoms with Crippen molar-refractivity contribution in [2.75, 3.05) is 13.2 Å². The van der Waals surface area contributed by atoms with Gasteiger partial charge in [0.2, 0.25) is 0 Å². The highest BCUT2D eigenvalue weighted by atomic mass is 16.5. The van der Waals surface area contributed by atoms with Crippen LogP contribution in [0.3, 0.4) is 0 Å². The Balaban J connectivity index is 1.21. The van der Waals surface area contributed by atoms with Crippen LogP contribution in [0.4, 0.5) is 0 Å². The van der Waals surface area contributed by atoms with Crippen molar-refractivity contribution < 1.29 is 23.5 Å². The number of amides is 2. The normalized spacial score (nSPS) is 13.1. The molecule has 4 rings (SSSR count). The third kappa shape index (κ3) is 4.14. The molecule has 0 N–H and O–H groups in total. The summed E-state index contributed by atoms with van der Waals surface area (Å²) in [6.07, 6.45) is 0.892. The van der Waals surface area contributed by atoms with Crippen LogP contribution in [0, 0.1) is 6.92 Å². The van der Waals surface area contributed by atoms with Gasteiger partial charge in [0.1, 0.15) is 0 Å². The topological polar surface area (TPSA) is 98.8 Å². The van der Waals surface area contributed by atoms with Crippen LogP contribution >= 0.6 is 0 Å². The Morgan fingerprint density at radius 2 is 1.74 bits per heavy atom. The molecule has 0 fully saturated rings. The summed E-state index contributed by atoms with van der Waals surface area (Å²) in [5.74, 6) is -1.50. The first-order valence-corrected chi connectivity index (χ1v) is 10.2. The molecule has 1 aliphatic heterocycles. The second kappa shape index (κ2) is 8.59. The number of carbonyl (C=O) groups excluding carboxylic acids is 3. The van der Waals surface area contributed by atoms with E-state index in [2.05, 4.69) is 0 Å². The van der Waals surface area contributed by atoms with Crippen LogP contribution in [0.1, 0.15) is 45.5 Å². The fourth-order valence-corrected chi connectivity index (χ4v) is 3.70. The molecule has 0 radical (unpaired) electrons. The Bertz CT molecular complexity index is 1220. The van der Waals surface area contributed by atoms with Gasteiger partial charge in [0.15, 0.2) is 5.58 Å². The van der Waals surface area contributed by atoms with E-state index >= 15 is 0 Å². The van der Waals surface area contributed by atoms with Crippen molar-refractivity contribution in [2.24, 2.45) is 0 Å². The van der Waals surface area contributed by atoms with Crippen LogP contribution in [-0.2, 0) is 16.1 Å². The molecule has 1 aliphatic rings. The van der Waals surface area contributed by atoms with Gasteiger partial charge in [-0.3, -0.25) is 23.9 Å². The molecule has 8 heteroatoms. The van der Waals surface area contributed by atoms with Gasteiger partial charge in [-0.2, -0.15) is 0 Å². The van der Waals surface area contributed by atoms with E-state index in [9.17, 15) is 19.2 Å². The van der Waals surface area contributed by atoms with Crippen LogP contribution in [0.5, 0.6) is 0 Å². The maximum Gasteiger partial charge on any atom is 0.419 e. The van der Waals surface area contributed by atoms with Crippen molar-refractivity contribution in [3.05, 3.63) is 69.7 Å². The predicted molar refractivity (Wildman–Crippen MR) is 112 cm³/mol. The number of esters is 1. The summed E-state index contributed by atoms with van der Waals surface area (Å²) in [6, 6.07) is 12.3. The van der Waals surface area contributed by atoms with Gasteiger partial charge in [0.25, 0.3) is 11.8 Å². The zero-order valence-electron chi connectivity index (χ0n) is 17.1. The van der Waals surface area contributed by atoms with Crippen molar-refractivity contribution in [3.8, 4) is 0 Å². The van der Waals surface area contributed by atoms with Gasteiger partial charge in [-0.1, -0.05) is 23.8 Å². The summed E-state index contributed by atoms with van der Waals surface area (Å²) in [6.45, 7) is 2.56. The summed E-state index contributed by atoms with van der Waals surface area (Å²) < 4.78 is 11.9. The van der Waals surface area contributed by atoms with Crippen LogP contribution in [0.25, 0.3) is 11.1 Å². The molecule has 31 heavy (non-hydrogen) atoms. The second-order valence-corrected chi connectivity index (χ2v) is 7.48. The molecule has 0 spiro atoms. The van der Waals surface area contributed by atoms with Gasteiger partial charge in [-0.15, -0.1) is 0 Å². The first kappa shape index (κ1) is 20.6. The van der Waals surface area contributed by atoms with E-state index < -0.39 is 11.7 Å². The summed E-state index contributed by atoms with van der Waals surface area (Å²) in [5, 5.41) is 0.